The Morgan fingerprint density at radius 1 is 1.32 bits per heavy atom. The molecule has 6 nitrogen and oxygen atoms in total. The van der Waals surface area contributed by atoms with E-state index in [1.807, 2.05) is 36.6 Å². The second-order valence-corrected chi connectivity index (χ2v) is 8.06. The molecule has 0 aliphatic carbocycles. The fourth-order valence-electron chi connectivity index (χ4n) is 2.94. The molecule has 3 aromatic rings. The predicted molar refractivity (Wildman–Crippen MR) is 109 cm³/mol. The van der Waals surface area contributed by atoms with E-state index in [0.717, 1.165) is 28.4 Å². The van der Waals surface area contributed by atoms with Crippen LogP contribution in [-0.2, 0) is 11.2 Å². The van der Waals surface area contributed by atoms with Crippen LogP contribution in [-0.4, -0.2) is 23.2 Å². The molecule has 0 saturated carbocycles. The summed E-state index contributed by atoms with van der Waals surface area (Å²) in [5.74, 6) is 1.70. The largest absolute Gasteiger partial charge is 0.497 e. The molecule has 1 N–H and O–H groups in total. The van der Waals surface area contributed by atoms with Gasteiger partial charge in [0.05, 0.1) is 25.3 Å². The number of amides is 1. The molecule has 2 heterocycles. The van der Waals surface area contributed by atoms with E-state index >= 15 is 0 Å². The fraction of sp³-hybridized carbons (Fsp3) is 0.381. The van der Waals surface area contributed by atoms with E-state index in [9.17, 15) is 4.79 Å². The van der Waals surface area contributed by atoms with Gasteiger partial charge in [-0.3, -0.25) is 4.79 Å². The molecule has 0 bridgehead atoms. The molecular weight excluding hydrogens is 374 g/mol. The van der Waals surface area contributed by atoms with Crippen LogP contribution in [0.25, 0.3) is 11.3 Å². The summed E-state index contributed by atoms with van der Waals surface area (Å²) < 4.78 is 10.6. The monoisotopic (exact) mass is 399 g/mol. The van der Waals surface area contributed by atoms with Gasteiger partial charge in [0.25, 0.3) is 0 Å². The molecule has 0 saturated heterocycles. The molecule has 0 aliphatic rings. The van der Waals surface area contributed by atoms with Gasteiger partial charge in [-0.2, -0.15) is 0 Å². The first kappa shape index (κ1) is 20.1. The van der Waals surface area contributed by atoms with Crippen molar-refractivity contribution in [3.8, 4) is 17.1 Å². The minimum atomic E-state index is -0.0935. The molecule has 7 heteroatoms. The summed E-state index contributed by atoms with van der Waals surface area (Å²) in [5.41, 5.74) is 2.42. The molecule has 1 amide bonds. The highest BCUT2D eigenvalue weighted by molar-refractivity contribution is 7.09. The van der Waals surface area contributed by atoms with Gasteiger partial charge in [0, 0.05) is 22.7 Å². The highest BCUT2D eigenvalue weighted by Crippen LogP contribution is 2.26. The zero-order valence-corrected chi connectivity index (χ0v) is 17.4. The second kappa shape index (κ2) is 9.01. The number of hydrogen-bond acceptors (Lipinski definition) is 6. The van der Waals surface area contributed by atoms with Crippen LogP contribution in [0.4, 0.5) is 0 Å². The fourth-order valence-corrected chi connectivity index (χ4v) is 3.80. The van der Waals surface area contributed by atoms with E-state index in [-0.39, 0.29) is 18.4 Å². The van der Waals surface area contributed by atoms with E-state index in [1.165, 1.54) is 0 Å². The van der Waals surface area contributed by atoms with E-state index in [4.69, 9.17) is 9.26 Å². The lowest BCUT2D eigenvalue weighted by molar-refractivity contribution is -0.121. The maximum absolute atomic E-state index is 12.6. The third-order valence-electron chi connectivity index (χ3n) is 4.23. The smallest absolute Gasteiger partial charge is 0.226 e. The molecule has 28 heavy (non-hydrogen) atoms. The van der Waals surface area contributed by atoms with Crippen LogP contribution < -0.4 is 10.1 Å². The van der Waals surface area contributed by atoms with Crippen LogP contribution in [0, 0.1) is 12.8 Å². The number of methoxy groups -OCH3 is 1. The Hall–Kier alpha value is -2.67. The summed E-state index contributed by atoms with van der Waals surface area (Å²) in [5, 5.41) is 10.1. The lowest BCUT2D eigenvalue weighted by atomic mass is 10.0. The van der Waals surface area contributed by atoms with E-state index in [0.29, 0.717) is 17.4 Å². The van der Waals surface area contributed by atoms with Crippen molar-refractivity contribution in [1.29, 1.82) is 0 Å². The van der Waals surface area contributed by atoms with Crippen LogP contribution in [0.3, 0.4) is 0 Å². The zero-order chi connectivity index (χ0) is 20.1. The highest BCUT2D eigenvalue weighted by Gasteiger charge is 2.20. The molecule has 1 atom stereocenters. The maximum atomic E-state index is 12.6. The number of rotatable bonds is 8. The summed E-state index contributed by atoms with van der Waals surface area (Å²) in [4.78, 5) is 17.1. The van der Waals surface area contributed by atoms with Gasteiger partial charge in [-0.05, 0) is 31.4 Å². The van der Waals surface area contributed by atoms with Crippen molar-refractivity contribution in [2.24, 2.45) is 5.92 Å². The Labute approximate surface area is 168 Å². The first-order valence-corrected chi connectivity index (χ1v) is 10.1. The molecule has 148 valence electrons. The molecule has 0 aliphatic heterocycles. The van der Waals surface area contributed by atoms with Crippen molar-refractivity contribution in [3.63, 3.8) is 0 Å². The normalized spacial score (nSPS) is 12.2. The SMILES string of the molecule is COc1cccc(-c2cc(CC(=O)NC(CC(C)C)c3nc(C)cs3)no2)c1. The molecule has 1 aromatic carbocycles. The van der Waals surface area contributed by atoms with Gasteiger partial charge in [0.2, 0.25) is 5.91 Å². The predicted octanol–water partition coefficient (Wildman–Crippen LogP) is 4.56. The Kier molecular flexibility index (Phi) is 6.46. The lowest BCUT2D eigenvalue weighted by Gasteiger charge is -2.18. The summed E-state index contributed by atoms with van der Waals surface area (Å²) in [6.45, 7) is 6.24. The average Bonchev–Trinajstić information content (AvgIpc) is 3.30. The average molecular weight is 400 g/mol. The number of benzene rings is 1. The van der Waals surface area contributed by atoms with Gasteiger partial charge in [-0.1, -0.05) is 31.1 Å². The van der Waals surface area contributed by atoms with Gasteiger partial charge in [0.1, 0.15) is 10.8 Å². The second-order valence-electron chi connectivity index (χ2n) is 7.17. The first-order valence-electron chi connectivity index (χ1n) is 9.26. The lowest BCUT2D eigenvalue weighted by Crippen LogP contribution is -2.30. The maximum Gasteiger partial charge on any atom is 0.226 e. The minimum Gasteiger partial charge on any atom is -0.497 e. The van der Waals surface area contributed by atoms with Crippen molar-refractivity contribution in [2.75, 3.05) is 7.11 Å². The molecule has 0 radical (unpaired) electrons. The zero-order valence-electron chi connectivity index (χ0n) is 16.6. The van der Waals surface area contributed by atoms with Crippen molar-refractivity contribution >= 4 is 17.2 Å². The Morgan fingerprint density at radius 2 is 2.14 bits per heavy atom. The molecule has 1 unspecified atom stereocenters. The third kappa shape index (κ3) is 5.19. The highest BCUT2D eigenvalue weighted by atomic mass is 32.1. The number of nitrogens with zero attached hydrogens (tertiary/aromatic N) is 2. The number of aryl methyl sites for hydroxylation is 1. The van der Waals surface area contributed by atoms with Crippen LogP contribution in [0.5, 0.6) is 5.75 Å². The molecule has 2 aromatic heterocycles. The van der Waals surface area contributed by atoms with Gasteiger partial charge in [-0.15, -0.1) is 11.3 Å². The Morgan fingerprint density at radius 3 is 2.82 bits per heavy atom. The number of thiazole rings is 1. The van der Waals surface area contributed by atoms with Gasteiger partial charge in [-0.25, -0.2) is 4.98 Å². The number of hydrogen-bond donors (Lipinski definition) is 1. The van der Waals surface area contributed by atoms with E-state index in [2.05, 4.69) is 29.3 Å². The van der Waals surface area contributed by atoms with Gasteiger partial charge >= 0.3 is 0 Å². The summed E-state index contributed by atoms with van der Waals surface area (Å²) in [6, 6.07) is 9.23. The third-order valence-corrected chi connectivity index (χ3v) is 5.31. The minimum absolute atomic E-state index is 0.0871. The summed E-state index contributed by atoms with van der Waals surface area (Å²) >= 11 is 1.58. The van der Waals surface area contributed by atoms with Crippen LogP contribution in [0.1, 0.15) is 42.7 Å². The van der Waals surface area contributed by atoms with Gasteiger partial charge < -0.3 is 14.6 Å². The molecule has 0 spiro atoms. The van der Waals surface area contributed by atoms with E-state index in [1.54, 1.807) is 24.5 Å². The topological polar surface area (TPSA) is 77.2 Å². The molecule has 3 rings (SSSR count). The molecular formula is C21H25N3O3S. The standard InChI is InChI=1S/C21H25N3O3S/c1-13(2)8-18(21-22-14(3)12-28-21)23-20(25)11-16-10-19(27-24-16)15-6-5-7-17(9-15)26-4/h5-7,9-10,12-13,18H,8,11H2,1-4H3,(H,23,25). The van der Waals surface area contributed by atoms with Crippen molar-refractivity contribution in [3.05, 3.63) is 52.1 Å². The summed E-state index contributed by atoms with van der Waals surface area (Å²) in [6.07, 6.45) is 0.999. The number of nitrogens with one attached hydrogen (secondary N) is 1. The van der Waals surface area contributed by atoms with Gasteiger partial charge in [0.15, 0.2) is 5.76 Å². The van der Waals surface area contributed by atoms with Crippen LogP contribution >= 0.6 is 11.3 Å². The van der Waals surface area contributed by atoms with Crippen LogP contribution in [0.15, 0.2) is 40.2 Å². The number of carbonyl (C=O) groups excluding carboxylic acids is 1. The van der Waals surface area contributed by atoms with Crippen molar-refractivity contribution in [1.82, 2.24) is 15.5 Å². The summed E-state index contributed by atoms with van der Waals surface area (Å²) in [7, 11) is 1.62. The molecule has 0 fully saturated rings. The van der Waals surface area contributed by atoms with E-state index < -0.39 is 0 Å². The van der Waals surface area contributed by atoms with Crippen LogP contribution in [0.2, 0.25) is 0 Å². The van der Waals surface area contributed by atoms with Crippen molar-refractivity contribution < 1.29 is 14.1 Å². The first-order chi connectivity index (χ1) is 13.4. The van der Waals surface area contributed by atoms with Crippen molar-refractivity contribution in [2.45, 2.75) is 39.7 Å². The quantitative estimate of drug-likeness (QED) is 0.601. The number of aromatic nitrogens is 2. The number of carbonyl (C=O) groups is 1. The Balaban J connectivity index is 1.67. The Bertz CT molecular complexity index is 932. The number of ether oxygens (including phenoxy) is 1.